The fourth-order valence-corrected chi connectivity index (χ4v) is 6.66. The number of nitrogens with two attached hydrogens (primary N) is 1. The first-order valence-electron chi connectivity index (χ1n) is 13.7. The molecule has 2 heterocycles. The zero-order valence-electron chi connectivity index (χ0n) is 23.6. The molecule has 3 atom stereocenters. The average molecular weight is 624 g/mol. The van der Waals surface area contributed by atoms with Crippen LogP contribution in [0.25, 0.3) is 0 Å². The Morgan fingerprint density at radius 1 is 1.09 bits per heavy atom. The maximum atomic E-state index is 15.4. The molecule has 0 radical (unpaired) electrons. The maximum absolute atomic E-state index is 15.4. The molecule has 0 fully saturated rings. The SMILES string of the molecule is CCOC(=O)C1=C(N)N(c2ccc(F)cc2F)C2=C(C(=O)[C@@H](C(=O)OCC)[C@@H](c3cccs3)C2)[C@@H]1c1cccc([N+](=O)[O-])c1. The van der Waals surface area contributed by atoms with Gasteiger partial charge in [-0.2, -0.15) is 0 Å². The molecular weight excluding hydrogens is 596 g/mol. The van der Waals surface area contributed by atoms with Gasteiger partial charge in [0.25, 0.3) is 5.69 Å². The monoisotopic (exact) mass is 623 g/mol. The second-order valence-electron chi connectivity index (χ2n) is 10.0. The first-order chi connectivity index (χ1) is 21.1. The summed E-state index contributed by atoms with van der Waals surface area (Å²) in [6, 6.07) is 11.6. The lowest BCUT2D eigenvalue weighted by Gasteiger charge is -2.43. The molecule has 0 unspecified atom stereocenters. The number of benzene rings is 2. The van der Waals surface area contributed by atoms with Gasteiger partial charge in [0.05, 0.1) is 35.3 Å². The fraction of sp³-hybridized carbons (Fsp3) is 0.258. The van der Waals surface area contributed by atoms with Gasteiger partial charge < -0.3 is 15.2 Å². The Morgan fingerprint density at radius 2 is 1.84 bits per heavy atom. The van der Waals surface area contributed by atoms with Crippen molar-refractivity contribution in [1.29, 1.82) is 0 Å². The van der Waals surface area contributed by atoms with Crippen LogP contribution in [-0.2, 0) is 23.9 Å². The van der Waals surface area contributed by atoms with Crippen LogP contribution in [0.4, 0.5) is 20.2 Å². The minimum absolute atomic E-state index is 0.00612. The van der Waals surface area contributed by atoms with Crippen LogP contribution in [0.2, 0.25) is 0 Å². The third-order valence-corrected chi connectivity index (χ3v) is 8.55. The summed E-state index contributed by atoms with van der Waals surface area (Å²) in [7, 11) is 0. The van der Waals surface area contributed by atoms with Crippen LogP contribution in [0.15, 0.2) is 82.6 Å². The molecule has 0 saturated carbocycles. The van der Waals surface area contributed by atoms with Crippen LogP contribution < -0.4 is 10.6 Å². The van der Waals surface area contributed by atoms with Crippen LogP contribution in [0.1, 0.15) is 42.5 Å². The first-order valence-corrected chi connectivity index (χ1v) is 14.6. The van der Waals surface area contributed by atoms with E-state index < -0.39 is 52.0 Å². The van der Waals surface area contributed by atoms with Crippen molar-refractivity contribution in [2.45, 2.75) is 32.1 Å². The van der Waals surface area contributed by atoms with Gasteiger partial charge in [-0.25, -0.2) is 13.6 Å². The number of thiophene rings is 1. The third kappa shape index (κ3) is 5.34. The maximum Gasteiger partial charge on any atom is 0.338 e. The van der Waals surface area contributed by atoms with Crippen LogP contribution in [0.5, 0.6) is 0 Å². The van der Waals surface area contributed by atoms with E-state index in [1.165, 1.54) is 40.5 Å². The summed E-state index contributed by atoms with van der Waals surface area (Å²) in [6.07, 6.45) is -0.0376. The van der Waals surface area contributed by atoms with E-state index in [1.54, 1.807) is 31.4 Å². The van der Waals surface area contributed by atoms with E-state index in [-0.39, 0.29) is 59.2 Å². The first kappa shape index (κ1) is 30.5. The lowest BCUT2D eigenvalue weighted by atomic mass is 9.68. The highest BCUT2D eigenvalue weighted by Crippen LogP contribution is 2.52. The van der Waals surface area contributed by atoms with E-state index in [9.17, 15) is 28.9 Å². The van der Waals surface area contributed by atoms with Gasteiger partial charge >= 0.3 is 11.9 Å². The van der Waals surface area contributed by atoms with Gasteiger partial charge in [0.2, 0.25) is 0 Å². The minimum atomic E-state index is -1.35. The molecule has 1 aliphatic carbocycles. The van der Waals surface area contributed by atoms with Crippen molar-refractivity contribution in [3.63, 3.8) is 0 Å². The number of nitro groups is 1. The zero-order valence-corrected chi connectivity index (χ0v) is 24.4. The number of allylic oxidation sites excluding steroid dienone is 2. The van der Waals surface area contributed by atoms with Crippen molar-refractivity contribution in [3.8, 4) is 0 Å². The fourth-order valence-electron chi connectivity index (χ4n) is 5.80. The number of rotatable bonds is 8. The summed E-state index contributed by atoms with van der Waals surface area (Å²) in [5.74, 6) is -8.09. The van der Waals surface area contributed by atoms with Crippen molar-refractivity contribution in [2.24, 2.45) is 11.7 Å². The number of non-ortho nitro benzene ring substituents is 1. The predicted octanol–water partition coefficient (Wildman–Crippen LogP) is 5.46. The number of ether oxygens (including phenoxy) is 2. The Labute approximate surface area is 254 Å². The second-order valence-corrected chi connectivity index (χ2v) is 11.0. The van der Waals surface area contributed by atoms with Crippen molar-refractivity contribution in [1.82, 2.24) is 0 Å². The largest absolute Gasteiger partial charge is 0.465 e. The molecule has 1 aromatic heterocycles. The molecule has 0 bridgehead atoms. The predicted molar refractivity (Wildman–Crippen MR) is 156 cm³/mol. The normalized spacial score (nSPS) is 20.0. The number of Topliss-reactive ketones (excluding diaryl/α,β-unsaturated/α-hetero) is 1. The van der Waals surface area contributed by atoms with E-state index in [0.29, 0.717) is 10.9 Å². The molecule has 2 aromatic carbocycles. The topological polar surface area (TPSA) is 142 Å². The Kier molecular flexibility index (Phi) is 8.59. The lowest BCUT2D eigenvalue weighted by Crippen LogP contribution is -2.46. The molecule has 13 heteroatoms. The minimum Gasteiger partial charge on any atom is -0.465 e. The Hall–Kier alpha value is -4.91. The number of nitrogens with zero attached hydrogens (tertiary/aromatic N) is 2. The number of halogens is 2. The van der Waals surface area contributed by atoms with Gasteiger partial charge in [-0.05, 0) is 49.4 Å². The molecular formula is C31H27F2N3O7S. The van der Waals surface area contributed by atoms with Crippen LogP contribution in [0, 0.1) is 27.7 Å². The van der Waals surface area contributed by atoms with E-state index in [4.69, 9.17) is 15.2 Å². The standard InChI is InChI=1S/C31H27F2N3O7S/c1-3-42-30(38)25-19(23-9-6-12-44-23)15-22-26(28(25)37)24(16-7-5-8-18(13-16)36(40)41)27(31(39)43-4-2)29(34)35(22)21-11-10-17(32)14-20(21)33/h5-14,19,24-25H,3-4,15,34H2,1-2H3/t19-,24+,25+/m1/s1. The number of anilines is 1. The van der Waals surface area contributed by atoms with Crippen molar-refractivity contribution in [2.75, 3.05) is 18.1 Å². The molecule has 0 spiro atoms. The summed E-state index contributed by atoms with van der Waals surface area (Å²) in [4.78, 5) is 54.6. The van der Waals surface area contributed by atoms with Crippen LogP contribution in [0.3, 0.4) is 0 Å². The van der Waals surface area contributed by atoms with Crippen molar-refractivity contribution >= 4 is 40.4 Å². The summed E-state index contributed by atoms with van der Waals surface area (Å²) < 4.78 is 40.1. The Morgan fingerprint density at radius 3 is 2.48 bits per heavy atom. The summed E-state index contributed by atoms with van der Waals surface area (Å²) in [5.41, 5.74) is 6.01. The number of esters is 2. The van der Waals surface area contributed by atoms with Gasteiger partial charge in [-0.15, -0.1) is 11.3 Å². The molecule has 228 valence electrons. The molecule has 2 aliphatic rings. The van der Waals surface area contributed by atoms with Gasteiger partial charge in [0.15, 0.2) is 5.78 Å². The van der Waals surface area contributed by atoms with E-state index in [1.807, 2.05) is 0 Å². The van der Waals surface area contributed by atoms with Crippen molar-refractivity contribution < 1.29 is 37.6 Å². The zero-order chi connectivity index (χ0) is 31.7. The number of carbonyl (C=O) groups is 3. The second kappa shape index (κ2) is 12.4. The highest BCUT2D eigenvalue weighted by atomic mass is 32.1. The third-order valence-electron chi connectivity index (χ3n) is 7.55. The number of nitro benzene ring substituents is 1. The van der Waals surface area contributed by atoms with Gasteiger partial charge in [0, 0.05) is 40.3 Å². The molecule has 10 nitrogen and oxygen atoms in total. The molecule has 1 aliphatic heterocycles. The molecule has 5 rings (SSSR count). The Balaban J connectivity index is 1.85. The van der Waals surface area contributed by atoms with Gasteiger partial charge in [-0.1, -0.05) is 18.2 Å². The van der Waals surface area contributed by atoms with E-state index in [0.717, 1.165) is 12.1 Å². The highest BCUT2D eigenvalue weighted by Gasteiger charge is 2.52. The summed E-state index contributed by atoms with van der Waals surface area (Å²) in [6.45, 7) is 3.06. The Bertz CT molecular complexity index is 1720. The highest BCUT2D eigenvalue weighted by molar-refractivity contribution is 7.10. The number of hydrogen-bond acceptors (Lipinski definition) is 10. The van der Waals surface area contributed by atoms with E-state index >= 15 is 4.39 Å². The lowest BCUT2D eigenvalue weighted by molar-refractivity contribution is -0.384. The number of carbonyl (C=O) groups excluding carboxylic acids is 3. The van der Waals surface area contributed by atoms with Gasteiger partial charge in [-0.3, -0.25) is 24.6 Å². The van der Waals surface area contributed by atoms with Crippen LogP contribution in [-0.4, -0.2) is 35.9 Å². The van der Waals surface area contributed by atoms with Crippen molar-refractivity contribution in [3.05, 3.63) is 115 Å². The average Bonchev–Trinajstić information content (AvgIpc) is 3.52. The van der Waals surface area contributed by atoms with Gasteiger partial charge in [0.1, 0.15) is 23.4 Å². The van der Waals surface area contributed by atoms with E-state index in [2.05, 4.69) is 0 Å². The number of hydrogen-bond donors (Lipinski definition) is 1. The number of ketones is 1. The quantitative estimate of drug-likeness (QED) is 0.150. The summed E-state index contributed by atoms with van der Waals surface area (Å²) in [5, 5.41) is 13.5. The van der Waals surface area contributed by atoms with Crippen LogP contribution >= 0.6 is 11.3 Å². The molecule has 0 amide bonds. The molecule has 3 aromatic rings. The smallest absolute Gasteiger partial charge is 0.338 e. The summed E-state index contributed by atoms with van der Waals surface area (Å²) >= 11 is 1.31. The molecule has 0 saturated heterocycles. The molecule has 2 N–H and O–H groups in total. The molecule has 44 heavy (non-hydrogen) atoms.